The maximum atomic E-state index is 13.3. The standard InChI is InChI=1S/C14H20F6O4.C13H18F6O4.C12H18F4O4/c1-4-12(2,3)10(21)23-5-6-24-11(22)14(19,20)8-13(17,18)7-9(15)16;1-3-8(2)10(20)22-4-5-23-11(21)13(18,19)7-12(16,17)6-9(14)15;1-4-8(2)9(17)19-5-6-20-10(18)12(15,16)7-11(3,13)14/h9H,4-8H2,1-3H3;8-9H,3-7H2,1-2H3;8H,4-7H2,1-3H3. The Morgan fingerprint density at radius 2 is 0.672 bits per heavy atom. The van der Waals surface area contributed by atoms with Gasteiger partial charge in [0.1, 0.15) is 39.6 Å². The summed E-state index contributed by atoms with van der Waals surface area (Å²) in [4.78, 5) is 67.0. The first kappa shape index (κ1) is 67.0. The molecular weight excluding hydrogens is 964 g/mol. The van der Waals surface area contributed by atoms with Crippen LogP contribution in [0.4, 0.5) is 70.2 Å². The van der Waals surface area contributed by atoms with Gasteiger partial charge < -0.3 is 28.4 Å². The lowest BCUT2D eigenvalue weighted by molar-refractivity contribution is -0.189. The van der Waals surface area contributed by atoms with E-state index < -0.39 is 167 Å². The van der Waals surface area contributed by atoms with Crippen molar-refractivity contribution >= 4 is 35.8 Å². The second-order valence-corrected chi connectivity index (χ2v) is 15.4. The lowest BCUT2D eigenvalue weighted by Gasteiger charge is -2.22. The van der Waals surface area contributed by atoms with E-state index in [2.05, 4.69) is 23.7 Å². The van der Waals surface area contributed by atoms with Crippen molar-refractivity contribution in [2.75, 3.05) is 39.6 Å². The Balaban J connectivity index is -0.000000921. The van der Waals surface area contributed by atoms with Crippen LogP contribution in [0, 0.1) is 17.3 Å². The molecule has 0 saturated heterocycles. The molecule has 0 heterocycles. The fraction of sp³-hybridized carbons (Fsp3) is 0.846. The molecule has 0 amide bonds. The Kier molecular flexibility index (Phi) is 29.5. The van der Waals surface area contributed by atoms with Gasteiger partial charge >= 0.3 is 53.6 Å². The highest BCUT2D eigenvalue weighted by molar-refractivity contribution is 5.79. The molecular formula is C39H56F16O12. The molecule has 0 aromatic rings. The van der Waals surface area contributed by atoms with Gasteiger partial charge in [-0.3, -0.25) is 14.4 Å². The summed E-state index contributed by atoms with van der Waals surface area (Å²) in [6.07, 6.45) is -16.4. The van der Waals surface area contributed by atoms with Crippen molar-refractivity contribution in [3.8, 4) is 0 Å². The molecule has 396 valence electrons. The van der Waals surface area contributed by atoms with Gasteiger partial charge in [-0.05, 0) is 40.0 Å². The summed E-state index contributed by atoms with van der Waals surface area (Å²) in [5, 5.41) is 0. The van der Waals surface area contributed by atoms with Crippen molar-refractivity contribution in [2.45, 2.75) is 155 Å². The summed E-state index contributed by atoms with van der Waals surface area (Å²) in [5.74, 6) is -35.3. The zero-order chi connectivity index (χ0) is 53.4. The quantitative estimate of drug-likeness (QED) is 0.0317. The molecule has 0 spiro atoms. The summed E-state index contributed by atoms with van der Waals surface area (Å²) in [6.45, 7) is 8.26. The first-order valence-electron chi connectivity index (χ1n) is 20.0. The molecule has 0 aromatic heterocycles. The molecule has 0 bridgehead atoms. The van der Waals surface area contributed by atoms with Gasteiger partial charge in [-0.25, -0.2) is 58.3 Å². The van der Waals surface area contributed by atoms with E-state index in [1.165, 1.54) is 0 Å². The molecule has 0 fully saturated rings. The van der Waals surface area contributed by atoms with Gasteiger partial charge in [-0.2, -0.15) is 26.3 Å². The van der Waals surface area contributed by atoms with Crippen molar-refractivity contribution in [1.29, 1.82) is 0 Å². The van der Waals surface area contributed by atoms with E-state index in [4.69, 9.17) is 4.74 Å². The third kappa shape index (κ3) is 31.4. The molecule has 0 saturated carbocycles. The highest BCUT2D eigenvalue weighted by atomic mass is 19.3. The molecule has 0 N–H and O–H groups in total. The number of alkyl halides is 16. The highest BCUT2D eigenvalue weighted by Crippen LogP contribution is 2.37. The summed E-state index contributed by atoms with van der Waals surface area (Å²) < 4.78 is 229. The number of carbonyl (C=O) groups is 6. The molecule has 0 aliphatic carbocycles. The summed E-state index contributed by atoms with van der Waals surface area (Å²) >= 11 is 0. The number of carbonyl (C=O) groups excluding carboxylic acids is 6. The third-order valence-electron chi connectivity index (χ3n) is 8.43. The van der Waals surface area contributed by atoms with Gasteiger partial charge in [0.2, 0.25) is 12.9 Å². The average Bonchev–Trinajstić information content (AvgIpc) is 3.15. The monoisotopic (exact) mass is 1020 g/mol. The largest absolute Gasteiger partial charge is 0.462 e. The zero-order valence-corrected chi connectivity index (χ0v) is 37.7. The van der Waals surface area contributed by atoms with Gasteiger partial charge in [0.15, 0.2) is 0 Å². The predicted molar refractivity (Wildman–Crippen MR) is 199 cm³/mol. The van der Waals surface area contributed by atoms with Gasteiger partial charge in [0, 0.05) is 0 Å². The summed E-state index contributed by atoms with van der Waals surface area (Å²) in [5.41, 5.74) is -0.814. The van der Waals surface area contributed by atoms with Gasteiger partial charge in [-0.15, -0.1) is 0 Å². The van der Waals surface area contributed by atoms with E-state index in [9.17, 15) is 99.0 Å². The van der Waals surface area contributed by atoms with E-state index in [1.807, 2.05) is 0 Å². The Hall–Kier alpha value is -4.30. The Morgan fingerprint density at radius 3 is 0.910 bits per heavy atom. The molecule has 0 aromatic carbocycles. The minimum Gasteiger partial charge on any atom is -0.462 e. The number of halogens is 16. The lowest BCUT2D eigenvalue weighted by atomic mass is 9.91. The van der Waals surface area contributed by atoms with Crippen LogP contribution in [-0.4, -0.2) is 124 Å². The smallest absolute Gasteiger partial charge is 0.377 e. The van der Waals surface area contributed by atoms with Crippen molar-refractivity contribution in [1.82, 2.24) is 0 Å². The Bertz CT molecular complexity index is 1520. The van der Waals surface area contributed by atoms with Crippen LogP contribution in [0.25, 0.3) is 0 Å². The minimum atomic E-state index is -4.63. The molecule has 0 radical (unpaired) electrons. The van der Waals surface area contributed by atoms with Crippen LogP contribution in [0.1, 0.15) is 107 Å². The van der Waals surface area contributed by atoms with Crippen LogP contribution in [0.3, 0.4) is 0 Å². The summed E-state index contributed by atoms with van der Waals surface area (Å²) in [6, 6.07) is 0. The van der Waals surface area contributed by atoms with E-state index in [0.29, 0.717) is 19.3 Å². The second kappa shape index (κ2) is 29.6. The van der Waals surface area contributed by atoms with Crippen LogP contribution < -0.4 is 0 Å². The molecule has 0 rings (SSSR count). The van der Waals surface area contributed by atoms with Crippen LogP contribution in [0.5, 0.6) is 0 Å². The maximum absolute atomic E-state index is 13.3. The van der Waals surface area contributed by atoms with E-state index in [0.717, 1.165) is 0 Å². The molecule has 2 unspecified atom stereocenters. The first-order valence-corrected chi connectivity index (χ1v) is 20.0. The summed E-state index contributed by atoms with van der Waals surface area (Å²) in [7, 11) is 0. The zero-order valence-electron chi connectivity index (χ0n) is 37.7. The Morgan fingerprint density at radius 1 is 0.418 bits per heavy atom. The SMILES string of the molecule is CCC(C)(C)C(=O)OCCOC(=O)C(F)(F)CC(F)(F)CC(F)F.CCC(C)C(=O)OCCOC(=O)C(F)(F)CC(C)(F)F.CCC(C)C(=O)OCCOC(=O)C(F)(F)CC(F)(F)CC(F)F. The van der Waals surface area contributed by atoms with E-state index in [1.54, 1.807) is 48.5 Å². The lowest BCUT2D eigenvalue weighted by Crippen LogP contribution is -2.39. The van der Waals surface area contributed by atoms with Crippen LogP contribution in [0.15, 0.2) is 0 Å². The molecule has 28 heteroatoms. The highest BCUT2D eigenvalue weighted by Gasteiger charge is 2.52. The first-order chi connectivity index (χ1) is 30.1. The average molecular weight is 1020 g/mol. The maximum Gasteiger partial charge on any atom is 0.377 e. The molecule has 12 nitrogen and oxygen atoms in total. The Labute approximate surface area is 375 Å². The fourth-order valence-corrected chi connectivity index (χ4v) is 3.95. The van der Waals surface area contributed by atoms with Crippen molar-refractivity contribution < 1.29 is 127 Å². The molecule has 0 aliphatic rings. The predicted octanol–water partition coefficient (Wildman–Crippen LogP) is 10.1. The van der Waals surface area contributed by atoms with Crippen molar-refractivity contribution in [3.63, 3.8) is 0 Å². The number of rotatable bonds is 28. The number of hydrogen-bond acceptors (Lipinski definition) is 12. The van der Waals surface area contributed by atoms with Gasteiger partial charge in [0.25, 0.3) is 17.8 Å². The molecule has 2 atom stereocenters. The second-order valence-electron chi connectivity index (χ2n) is 15.4. The van der Waals surface area contributed by atoms with Gasteiger partial charge in [-0.1, -0.05) is 34.6 Å². The van der Waals surface area contributed by atoms with E-state index in [-0.39, 0.29) is 12.8 Å². The third-order valence-corrected chi connectivity index (χ3v) is 8.43. The number of esters is 6. The number of hydrogen-bond donors (Lipinski definition) is 0. The van der Waals surface area contributed by atoms with Gasteiger partial charge in [0.05, 0.1) is 49.4 Å². The molecule has 0 aliphatic heterocycles. The van der Waals surface area contributed by atoms with Crippen molar-refractivity contribution in [2.24, 2.45) is 17.3 Å². The van der Waals surface area contributed by atoms with Crippen LogP contribution >= 0.6 is 0 Å². The normalized spacial score (nSPS) is 13.5. The molecule has 67 heavy (non-hydrogen) atoms. The van der Waals surface area contributed by atoms with Crippen molar-refractivity contribution in [3.05, 3.63) is 0 Å². The minimum absolute atomic E-state index is 0.280. The van der Waals surface area contributed by atoms with Crippen LogP contribution in [-0.2, 0) is 57.2 Å². The van der Waals surface area contributed by atoms with Crippen LogP contribution in [0.2, 0.25) is 0 Å². The van der Waals surface area contributed by atoms with E-state index >= 15 is 0 Å². The fourth-order valence-electron chi connectivity index (χ4n) is 3.95. The topological polar surface area (TPSA) is 158 Å². The number of ether oxygens (including phenoxy) is 6.